The lowest BCUT2D eigenvalue weighted by Crippen LogP contribution is -2.42. The lowest BCUT2D eigenvalue weighted by atomic mass is 9.91. The summed E-state index contributed by atoms with van der Waals surface area (Å²) in [6, 6.07) is 15.8. The molecule has 0 saturated carbocycles. The van der Waals surface area contributed by atoms with Gasteiger partial charge in [0.1, 0.15) is 0 Å². The van der Waals surface area contributed by atoms with Crippen molar-refractivity contribution in [2.45, 2.75) is 18.3 Å². The van der Waals surface area contributed by atoms with Gasteiger partial charge in [0.25, 0.3) is 5.91 Å². The fourth-order valence-electron chi connectivity index (χ4n) is 4.09. The second-order valence-corrected chi connectivity index (χ2v) is 9.10. The largest absolute Gasteiger partial charge is 0.428 e. The molecule has 11 heteroatoms. The standard InChI is InChI=1S/C26H17Cl2F3N4O2/c27-16-9-15(10-17(28)11-16)25(26(29,30)31)12-22(35-37-25)23-20-7-2-1-6-19(20)21(14-33-23)24(36)34-13-18-5-3-4-8-32-18/h1-12,14,35H,13H2,(H,34,36). The van der Waals surface area contributed by atoms with Crippen LogP contribution < -0.4 is 10.8 Å². The monoisotopic (exact) mass is 544 g/mol. The van der Waals surface area contributed by atoms with Crippen LogP contribution in [0.5, 0.6) is 0 Å². The van der Waals surface area contributed by atoms with Gasteiger partial charge < -0.3 is 5.32 Å². The van der Waals surface area contributed by atoms with Crippen LogP contribution in [0.4, 0.5) is 13.2 Å². The zero-order valence-electron chi connectivity index (χ0n) is 18.8. The van der Waals surface area contributed by atoms with Gasteiger partial charge in [-0.3, -0.25) is 25.1 Å². The number of aromatic nitrogens is 2. The molecule has 4 aromatic rings. The van der Waals surface area contributed by atoms with E-state index in [0.29, 0.717) is 16.5 Å². The van der Waals surface area contributed by atoms with E-state index in [1.54, 1.807) is 42.6 Å². The van der Waals surface area contributed by atoms with Gasteiger partial charge >= 0.3 is 6.18 Å². The average Bonchev–Trinajstić information content (AvgIpc) is 3.34. The topological polar surface area (TPSA) is 76.1 Å². The Kier molecular flexibility index (Phi) is 6.53. The van der Waals surface area contributed by atoms with E-state index >= 15 is 0 Å². The molecule has 1 atom stereocenters. The highest BCUT2D eigenvalue weighted by atomic mass is 35.5. The smallest absolute Gasteiger partial charge is 0.346 e. The van der Waals surface area contributed by atoms with E-state index in [9.17, 15) is 18.0 Å². The van der Waals surface area contributed by atoms with Gasteiger partial charge in [-0.1, -0.05) is 53.5 Å². The summed E-state index contributed by atoms with van der Waals surface area (Å²) in [6.07, 6.45) is -1.03. The molecule has 0 saturated heterocycles. The van der Waals surface area contributed by atoms with Crippen molar-refractivity contribution < 1.29 is 22.8 Å². The summed E-state index contributed by atoms with van der Waals surface area (Å²) in [7, 11) is 0. The summed E-state index contributed by atoms with van der Waals surface area (Å²) in [6.45, 7) is 0.201. The van der Waals surface area contributed by atoms with Crippen molar-refractivity contribution in [3.8, 4) is 0 Å². The zero-order valence-corrected chi connectivity index (χ0v) is 20.3. The van der Waals surface area contributed by atoms with Crippen molar-refractivity contribution >= 4 is 45.6 Å². The molecule has 5 rings (SSSR count). The van der Waals surface area contributed by atoms with E-state index in [1.165, 1.54) is 12.3 Å². The molecule has 1 aliphatic rings. The van der Waals surface area contributed by atoms with Crippen molar-refractivity contribution in [3.63, 3.8) is 0 Å². The Morgan fingerprint density at radius 3 is 2.38 bits per heavy atom. The number of hydroxylamine groups is 1. The summed E-state index contributed by atoms with van der Waals surface area (Å²) in [5, 5.41) is 3.81. The normalized spacial score (nSPS) is 17.4. The summed E-state index contributed by atoms with van der Waals surface area (Å²) >= 11 is 12.0. The predicted molar refractivity (Wildman–Crippen MR) is 134 cm³/mol. The van der Waals surface area contributed by atoms with E-state index in [2.05, 4.69) is 20.8 Å². The highest BCUT2D eigenvalue weighted by Crippen LogP contribution is 2.48. The molecule has 1 amide bonds. The first-order chi connectivity index (χ1) is 17.7. The van der Waals surface area contributed by atoms with Crippen LogP contribution in [0, 0.1) is 0 Å². The number of alkyl halides is 3. The van der Waals surface area contributed by atoms with Crippen LogP contribution in [0.2, 0.25) is 10.0 Å². The molecule has 6 nitrogen and oxygen atoms in total. The third-order valence-electron chi connectivity index (χ3n) is 5.83. The first kappa shape index (κ1) is 25.0. The average molecular weight is 545 g/mol. The Balaban J connectivity index is 1.55. The first-order valence-electron chi connectivity index (χ1n) is 10.9. The van der Waals surface area contributed by atoms with Crippen molar-refractivity contribution in [2.75, 3.05) is 0 Å². The fourth-order valence-corrected chi connectivity index (χ4v) is 4.61. The highest BCUT2D eigenvalue weighted by molar-refractivity contribution is 6.34. The Morgan fingerprint density at radius 1 is 1.00 bits per heavy atom. The van der Waals surface area contributed by atoms with Crippen LogP contribution in [0.3, 0.4) is 0 Å². The van der Waals surface area contributed by atoms with E-state index < -0.39 is 17.7 Å². The molecule has 188 valence electrons. The minimum Gasteiger partial charge on any atom is -0.346 e. The molecule has 3 heterocycles. The van der Waals surface area contributed by atoms with Crippen LogP contribution in [-0.4, -0.2) is 22.1 Å². The van der Waals surface area contributed by atoms with Gasteiger partial charge in [0.15, 0.2) is 0 Å². The minimum atomic E-state index is -4.86. The highest BCUT2D eigenvalue weighted by Gasteiger charge is 2.60. The maximum Gasteiger partial charge on any atom is 0.428 e. The van der Waals surface area contributed by atoms with E-state index in [-0.39, 0.29) is 39.1 Å². The third-order valence-corrected chi connectivity index (χ3v) is 6.27. The maximum atomic E-state index is 14.4. The molecule has 0 aliphatic carbocycles. The Morgan fingerprint density at radius 2 is 1.70 bits per heavy atom. The molecule has 37 heavy (non-hydrogen) atoms. The molecular weight excluding hydrogens is 528 g/mol. The third kappa shape index (κ3) is 4.73. The Labute approximate surface area is 219 Å². The van der Waals surface area contributed by atoms with Gasteiger partial charge in [0.2, 0.25) is 5.60 Å². The number of halogens is 5. The summed E-state index contributed by atoms with van der Waals surface area (Å²) in [5.74, 6) is -0.399. The van der Waals surface area contributed by atoms with Crippen LogP contribution in [0.1, 0.15) is 27.3 Å². The number of benzene rings is 2. The molecule has 2 N–H and O–H groups in total. The maximum absolute atomic E-state index is 14.4. The van der Waals surface area contributed by atoms with Gasteiger partial charge in [0.05, 0.1) is 29.2 Å². The van der Waals surface area contributed by atoms with Crippen LogP contribution in [0.15, 0.2) is 79.1 Å². The summed E-state index contributed by atoms with van der Waals surface area (Å²) in [4.78, 5) is 26.6. The first-order valence-corrected chi connectivity index (χ1v) is 11.7. The number of carbonyl (C=O) groups excluding carboxylic acids is 1. The van der Waals surface area contributed by atoms with Crippen LogP contribution in [0.25, 0.3) is 16.5 Å². The lowest BCUT2D eigenvalue weighted by molar-refractivity contribution is -0.269. The number of fused-ring (bicyclic) bond motifs is 1. The van der Waals surface area contributed by atoms with Crippen LogP contribution in [-0.2, 0) is 17.0 Å². The quantitative estimate of drug-likeness (QED) is 0.313. The number of nitrogens with zero attached hydrogens (tertiary/aromatic N) is 2. The number of pyridine rings is 2. The molecule has 0 spiro atoms. The molecule has 2 aromatic carbocycles. The van der Waals surface area contributed by atoms with E-state index in [4.69, 9.17) is 28.0 Å². The Bertz CT molecular complexity index is 1510. The number of carbonyl (C=O) groups is 1. The minimum absolute atomic E-state index is 0.0231. The van der Waals surface area contributed by atoms with Crippen molar-refractivity contribution in [1.82, 2.24) is 20.8 Å². The summed E-state index contributed by atoms with van der Waals surface area (Å²) in [5.41, 5.74) is 0.309. The predicted octanol–water partition coefficient (Wildman–Crippen LogP) is 6.20. The van der Waals surface area contributed by atoms with E-state index in [1.807, 2.05) is 6.07 Å². The fraction of sp³-hybridized carbons (Fsp3) is 0.115. The van der Waals surface area contributed by atoms with Gasteiger partial charge in [-0.15, -0.1) is 0 Å². The molecule has 0 fully saturated rings. The number of rotatable bonds is 5. The molecule has 0 radical (unpaired) electrons. The number of nitrogens with one attached hydrogen (secondary N) is 2. The molecule has 0 bridgehead atoms. The zero-order chi connectivity index (χ0) is 26.2. The molecule has 1 aliphatic heterocycles. The molecule has 1 unspecified atom stereocenters. The van der Waals surface area contributed by atoms with Crippen molar-refractivity contribution in [3.05, 3.63) is 112 Å². The number of hydrogen-bond donors (Lipinski definition) is 2. The SMILES string of the molecule is O=C(NCc1ccccn1)c1cnc(C2=CC(c3cc(Cl)cc(Cl)c3)(C(F)(F)F)ON2)c2ccccc12. The second-order valence-electron chi connectivity index (χ2n) is 8.22. The summed E-state index contributed by atoms with van der Waals surface area (Å²) < 4.78 is 43.2. The lowest BCUT2D eigenvalue weighted by Gasteiger charge is -2.28. The molecule has 2 aromatic heterocycles. The number of hydrogen-bond acceptors (Lipinski definition) is 5. The van der Waals surface area contributed by atoms with Gasteiger partial charge in [-0.25, -0.2) is 0 Å². The van der Waals surface area contributed by atoms with Gasteiger partial charge in [0, 0.05) is 33.4 Å². The molecular formula is C26H17Cl2F3N4O2. The number of amides is 1. The Hall–Kier alpha value is -3.66. The van der Waals surface area contributed by atoms with Gasteiger partial charge in [-0.2, -0.15) is 13.2 Å². The second kappa shape index (κ2) is 9.66. The van der Waals surface area contributed by atoms with Crippen LogP contribution >= 0.6 is 23.2 Å². The van der Waals surface area contributed by atoms with E-state index in [0.717, 1.165) is 18.2 Å². The van der Waals surface area contributed by atoms with Crippen molar-refractivity contribution in [2.24, 2.45) is 0 Å². The van der Waals surface area contributed by atoms with Crippen molar-refractivity contribution in [1.29, 1.82) is 0 Å². The van der Waals surface area contributed by atoms with Gasteiger partial charge in [-0.05, 0) is 41.8 Å².